The molecule has 3 nitrogen and oxygen atoms in total. The highest BCUT2D eigenvalue weighted by Crippen LogP contribution is 2.25. The first-order valence-electron chi connectivity index (χ1n) is 5.65. The summed E-state index contributed by atoms with van der Waals surface area (Å²) in [6.45, 7) is 5.56. The van der Waals surface area contributed by atoms with Crippen molar-refractivity contribution in [1.29, 1.82) is 0 Å². The SMILES string of the molecule is C/C=C/[C@H]1C[C@@H](Cl)C[C@H](C(=O)OC(C)C)O1. The molecule has 0 aromatic rings. The van der Waals surface area contributed by atoms with Crippen LogP contribution in [0, 0.1) is 0 Å². The monoisotopic (exact) mass is 246 g/mol. The summed E-state index contributed by atoms with van der Waals surface area (Å²) in [7, 11) is 0. The van der Waals surface area contributed by atoms with Gasteiger partial charge in [-0.1, -0.05) is 12.2 Å². The van der Waals surface area contributed by atoms with E-state index in [-0.39, 0.29) is 23.6 Å². The van der Waals surface area contributed by atoms with Gasteiger partial charge in [0.2, 0.25) is 0 Å². The van der Waals surface area contributed by atoms with Crippen LogP contribution < -0.4 is 0 Å². The molecule has 4 heteroatoms. The quantitative estimate of drug-likeness (QED) is 0.436. The van der Waals surface area contributed by atoms with Crippen molar-refractivity contribution in [2.75, 3.05) is 0 Å². The van der Waals surface area contributed by atoms with Gasteiger partial charge < -0.3 is 9.47 Å². The van der Waals surface area contributed by atoms with Crippen LogP contribution in [0.15, 0.2) is 12.2 Å². The number of ether oxygens (including phenoxy) is 2. The van der Waals surface area contributed by atoms with E-state index in [1.54, 1.807) is 0 Å². The Labute approximate surface area is 102 Å². The second kappa shape index (κ2) is 6.26. The molecule has 1 aliphatic heterocycles. The highest BCUT2D eigenvalue weighted by atomic mass is 35.5. The number of carbonyl (C=O) groups excluding carboxylic acids is 1. The first kappa shape index (κ1) is 13.5. The third-order valence-corrected chi connectivity index (χ3v) is 2.68. The summed E-state index contributed by atoms with van der Waals surface area (Å²) in [6.07, 6.45) is 4.38. The molecule has 0 radical (unpaired) electrons. The fraction of sp³-hybridized carbons (Fsp3) is 0.750. The lowest BCUT2D eigenvalue weighted by atomic mass is 10.0. The van der Waals surface area contributed by atoms with Crippen LogP contribution >= 0.6 is 11.6 Å². The topological polar surface area (TPSA) is 35.5 Å². The minimum atomic E-state index is -0.528. The number of halogens is 1. The zero-order valence-corrected chi connectivity index (χ0v) is 10.7. The highest BCUT2D eigenvalue weighted by molar-refractivity contribution is 6.20. The molecule has 0 aromatic carbocycles. The molecule has 1 rings (SSSR count). The Morgan fingerprint density at radius 2 is 2.19 bits per heavy atom. The molecule has 16 heavy (non-hydrogen) atoms. The Kier molecular flexibility index (Phi) is 5.29. The van der Waals surface area contributed by atoms with Gasteiger partial charge in [0.25, 0.3) is 0 Å². The van der Waals surface area contributed by atoms with Gasteiger partial charge in [0.1, 0.15) is 0 Å². The zero-order valence-electron chi connectivity index (χ0n) is 9.98. The molecule has 1 fully saturated rings. The maximum atomic E-state index is 11.7. The third-order valence-electron chi connectivity index (χ3n) is 2.32. The first-order chi connectivity index (χ1) is 7.52. The number of hydrogen-bond acceptors (Lipinski definition) is 3. The number of hydrogen-bond donors (Lipinski definition) is 0. The first-order valence-corrected chi connectivity index (χ1v) is 6.09. The van der Waals surface area contributed by atoms with Crippen molar-refractivity contribution >= 4 is 17.6 Å². The number of carbonyl (C=O) groups is 1. The van der Waals surface area contributed by atoms with Crippen LogP contribution in [-0.4, -0.2) is 29.7 Å². The normalized spacial score (nSPS) is 30.9. The van der Waals surface area contributed by atoms with Crippen LogP contribution in [0.25, 0.3) is 0 Å². The van der Waals surface area contributed by atoms with Gasteiger partial charge in [0.15, 0.2) is 6.10 Å². The van der Waals surface area contributed by atoms with E-state index < -0.39 is 6.10 Å². The molecule has 0 amide bonds. The number of rotatable bonds is 3. The molecular weight excluding hydrogens is 228 g/mol. The standard InChI is InChI=1S/C12H19ClO3/c1-4-5-10-6-9(13)7-11(16-10)12(14)15-8(2)3/h4-5,8-11H,6-7H2,1-3H3/b5-4+/t9-,10+,11-/m1/s1. The number of esters is 1. The largest absolute Gasteiger partial charge is 0.461 e. The molecular formula is C12H19ClO3. The Balaban J connectivity index is 2.56. The molecule has 0 bridgehead atoms. The van der Waals surface area contributed by atoms with Crippen molar-refractivity contribution in [2.45, 2.75) is 57.3 Å². The van der Waals surface area contributed by atoms with Gasteiger partial charge in [0, 0.05) is 11.8 Å². The number of alkyl halides is 1. The van der Waals surface area contributed by atoms with E-state index in [1.165, 1.54) is 0 Å². The van der Waals surface area contributed by atoms with E-state index in [0.29, 0.717) is 6.42 Å². The molecule has 0 unspecified atom stereocenters. The van der Waals surface area contributed by atoms with Gasteiger partial charge in [-0.15, -0.1) is 11.6 Å². The van der Waals surface area contributed by atoms with Crippen molar-refractivity contribution in [3.8, 4) is 0 Å². The average Bonchev–Trinajstić information content (AvgIpc) is 2.16. The summed E-state index contributed by atoms with van der Waals surface area (Å²) in [5.41, 5.74) is 0. The fourth-order valence-electron chi connectivity index (χ4n) is 1.70. The average molecular weight is 247 g/mol. The van der Waals surface area contributed by atoms with Crippen LogP contribution in [0.2, 0.25) is 0 Å². The molecule has 92 valence electrons. The molecule has 0 saturated carbocycles. The minimum Gasteiger partial charge on any atom is -0.461 e. The van der Waals surface area contributed by atoms with E-state index in [9.17, 15) is 4.79 Å². The van der Waals surface area contributed by atoms with Gasteiger partial charge in [0.05, 0.1) is 12.2 Å². The van der Waals surface area contributed by atoms with Gasteiger partial charge >= 0.3 is 5.97 Å². The van der Waals surface area contributed by atoms with E-state index in [4.69, 9.17) is 21.1 Å². The molecule has 3 atom stereocenters. The molecule has 0 aliphatic carbocycles. The smallest absolute Gasteiger partial charge is 0.335 e. The molecule has 0 aromatic heterocycles. The van der Waals surface area contributed by atoms with Crippen LogP contribution in [-0.2, 0) is 14.3 Å². The predicted molar refractivity (Wildman–Crippen MR) is 63.6 cm³/mol. The lowest BCUT2D eigenvalue weighted by Crippen LogP contribution is -2.39. The zero-order chi connectivity index (χ0) is 12.1. The van der Waals surface area contributed by atoms with E-state index >= 15 is 0 Å². The van der Waals surface area contributed by atoms with Crippen molar-refractivity contribution < 1.29 is 14.3 Å². The molecule has 1 heterocycles. The van der Waals surface area contributed by atoms with Gasteiger partial charge in [-0.05, 0) is 27.2 Å². The lowest BCUT2D eigenvalue weighted by molar-refractivity contribution is -0.166. The summed E-state index contributed by atoms with van der Waals surface area (Å²) in [5.74, 6) is -0.310. The van der Waals surface area contributed by atoms with Crippen molar-refractivity contribution in [2.24, 2.45) is 0 Å². The van der Waals surface area contributed by atoms with Gasteiger partial charge in [-0.2, -0.15) is 0 Å². The molecule has 0 N–H and O–H groups in total. The van der Waals surface area contributed by atoms with E-state index in [2.05, 4.69) is 0 Å². The second-order valence-corrected chi connectivity index (χ2v) is 4.86. The van der Waals surface area contributed by atoms with Crippen LogP contribution in [0.1, 0.15) is 33.6 Å². The Bertz CT molecular complexity index is 263. The Morgan fingerprint density at radius 1 is 1.50 bits per heavy atom. The third kappa shape index (κ3) is 4.14. The highest BCUT2D eigenvalue weighted by Gasteiger charge is 2.33. The van der Waals surface area contributed by atoms with Crippen molar-refractivity contribution in [3.63, 3.8) is 0 Å². The summed E-state index contributed by atoms with van der Waals surface area (Å²) < 4.78 is 10.7. The Hall–Kier alpha value is -0.540. The predicted octanol–water partition coefficient (Wildman–Crippen LogP) is 2.67. The van der Waals surface area contributed by atoms with E-state index in [1.807, 2.05) is 32.9 Å². The van der Waals surface area contributed by atoms with Crippen LogP contribution in [0.4, 0.5) is 0 Å². The molecule has 1 aliphatic rings. The molecule has 1 saturated heterocycles. The second-order valence-electron chi connectivity index (χ2n) is 4.24. The summed E-state index contributed by atoms with van der Waals surface area (Å²) in [5, 5.41) is -0.0281. The van der Waals surface area contributed by atoms with Crippen molar-refractivity contribution in [3.05, 3.63) is 12.2 Å². The minimum absolute atomic E-state index is 0.0281. The maximum Gasteiger partial charge on any atom is 0.335 e. The molecule has 0 spiro atoms. The van der Waals surface area contributed by atoms with Crippen molar-refractivity contribution in [1.82, 2.24) is 0 Å². The lowest BCUT2D eigenvalue weighted by Gasteiger charge is -2.30. The Morgan fingerprint density at radius 3 is 2.75 bits per heavy atom. The van der Waals surface area contributed by atoms with E-state index in [0.717, 1.165) is 6.42 Å². The van der Waals surface area contributed by atoms with Crippen LogP contribution in [0.3, 0.4) is 0 Å². The van der Waals surface area contributed by atoms with Crippen LogP contribution in [0.5, 0.6) is 0 Å². The van der Waals surface area contributed by atoms with Gasteiger partial charge in [-0.3, -0.25) is 0 Å². The maximum absolute atomic E-state index is 11.7. The number of allylic oxidation sites excluding steroid dienone is 1. The summed E-state index contributed by atoms with van der Waals surface area (Å²) in [4.78, 5) is 11.7. The summed E-state index contributed by atoms with van der Waals surface area (Å²) in [6, 6.07) is 0. The summed E-state index contributed by atoms with van der Waals surface area (Å²) >= 11 is 6.10. The van der Waals surface area contributed by atoms with Gasteiger partial charge in [-0.25, -0.2) is 4.79 Å². The fourth-order valence-corrected chi connectivity index (χ4v) is 2.04.